The Labute approximate surface area is 169 Å². The van der Waals surface area contributed by atoms with Crippen LogP contribution in [0.25, 0.3) is 22.4 Å². The highest BCUT2D eigenvalue weighted by Gasteiger charge is 2.26. The summed E-state index contributed by atoms with van der Waals surface area (Å²) in [6, 6.07) is 9.41. The fourth-order valence-electron chi connectivity index (χ4n) is 2.88. The van der Waals surface area contributed by atoms with Gasteiger partial charge in [0.25, 0.3) is 11.6 Å². The first-order chi connectivity index (χ1) is 13.5. The molecule has 0 aliphatic rings. The van der Waals surface area contributed by atoms with Gasteiger partial charge in [-0.3, -0.25) is 4.79 Å². The van der Waals surface area contributed by atoms with Crippen LogP contribution >= 0.6 is 0 Å². The van der Waals surface area contributed by atoms with E-state index in [2.05, 4.69) is 15.5 Å². The number of esters is 1. The minimum Gasteiger partial charge on any atom is -0.449 e. The number of aromatic nitrogens is 2. The summed E-state index contributed by atoms with van der Waals surface area (Å²) in [5.41, 5.74) is 3.13. The third-order valence-corrected chi connectivity index (χ3v) is 4.34. The minimum atomic E-state index is -0.951. The third kappa shape index (κ3) is 4.62. The molecule has 3 aromatic rings. The second kappa shape index (κ2) is 7.66. The maximum absolute atomic E-state index is 12.9. The van der Waals surface area contributed by atoms with Gasteiger partial charge in [-0.1, -0.05) is 35.0 Å². The highest BCUT2D eigenvalue weighted by atomic mass is 16.5. The predicted octanol–water partition coefficient (Wildman–Crippen LogP) is 3.97. The Morgan fingerprint density at radius 1 is 1.14 bits per heavy atom. The molecule has 2 heterocycles. The summed E-state index contributed by atoms with van der Waals surface area (Å²) in [5, 5.41) is 7.21. The normalized spacial score (nSPS) is 12.6. The number of rotatable bonds is 4. The number of benzene rings is 1. The van der Waals surface area contributed by atoms with Crippen LogP contribution in [0.15, 0.2) is 34.9 Å². The number of amides is 1. The van der Waals surface area contributed by atoms with Crippen molar-refractivity contribution in [3.8, 4) is 11.3 Å². The van der Waals surface area contributed by atoms with E-state index < -0.39 is 17.6 Å². The smallest absolute Gasteiger partial charge is 0.339 e. The molecule has 7 nitrogen and oxygen atoms in total. The molecule has 152 valence electrons. The molecule has 0 bridgehead atoms. The SMILES string of the molecule is Cc1ccc(-c2cc(C(=O)OC(C)C(=O)NC(C)(C)C)c3c(C)noc3n2)cc1. The van der Waals surface area contributed by atoms with Gasteiger partial charge in [0.05, 0.1) is 22.3 Å². The van der Waals surface area contributed by atoms with Crippen LogP contribution in [0.2, 0.25) is 0 Å². The minimum absolute atomic E-state index is 0.249. The molecule has 0 saturated carbocycles. The van der Waals surface area contributed by atoms with Gasteiger partial charge >= 0.3 is 5.97 Å². The number of carbonyl (C=O) groups is 2. The highest BCUT2D eigenvalue weighted by molar-refractivity contribution is 6.05. The van der Waals surface area contributed by atoms with E-state index in [4.69, 9.17) is 9.26 Å². The topological polar surface area (TPSA) is 94.3 Å². The summed E-state index contributed by atoms with van der Waals surface area (Å²) in [4.78, 5) is 29.7. The van der Waals surface area contributed by atoms with Crippen LogP contribution < -0.4 is 5.32 Å². The average molecular weight is 395 g/mol. The Morgan fingerprint density at radius 2 is 1.79 bits per heavy atom. The molecule has 1 aromatic carbocycles. The Hall–Kier alpha value is -3.22. The van der Waals surface area contributed by atoms with Crippen molar-refractivity contribution in [2.45, 2.75) is 53.2 Å². The number of fused-ring (bicyclic) bond motifs is 1. The first-order valence-electron chi connectivity index (χ1n) is 9.42. The monoisotopic (exact) mass is 395 g/mol. The van der Waals surface area contributed by atoms with Crippen molar-refractivity contribution in [1.82, 2.24) is 15.5 Å². The van der Waals surface area contributed by atoms with Gasteiger partial charge in [0, 0.05) is 11.1 Å². The molecule has 1 amide bonds. The molecule has 0 aliphatic carbocycles. The van der Waals surface area contributed by atoms with Gasteiger partial charge in [-0.25, -0.2) is 9.78 Å². The summed E-state index contributed by atoms with van der Waals surface area (Å²) in [6.07, 6.45) is -0.951. The van der Waals surface area contributed by atoms with Gasteiger partial charge in [-0.2, -0.15) is 0 Å². The van der Waals surface area contributed by atoms with Crippen LogP contribution in [-0.2, 0) is 9.53 Å². The Kier molecular flexibility index (Phi) is 5.42. The molecular weight excluding hydrogens is 370 g/mol. The first kappa shape index (κ1) is 20.5. The van der Waals surface area contributed by atoms with Crippen LogP contribution in [-0.4, -0.2) is 33.7 Å². The molecule has 0 spiro atoms. The molecule has 1 N–H and O–H groups in total. The number of hydrogen-bond acceptors (Lipinski definition) is 6. The van der Waals surface area contributed by atoms with E-state index in [0.717, 1.165) is 11.1 Å². The van der Waals surface area contributed by atoms with Crippen molar-refractivity contribution >= 4 is 23.0 Å². The first-order valence-corrected chi connectivity index (χ1v) is 9.42. The zero-order valence-electron chi connectivity index (χ0n) is 17.5. The van der Waals surface area contributed by atoms with Crippen molar-refractivity contribution in [3.05, 3.63) is 47.2 Å². The lowest BCUT2D eigenvalue weighted by Crippen LogP contribution is -2.46. The van der Waals surface area contributed by atoms with E-state index in [-0.39, 0.29) is 17.2 Å². The number of nitrogens with zero attached hydrogens (tertiary/aromatic N) is 2. The molecule has 1 unspecified atom stereocenters. The van der Waals surface area contributed by atoms with Gasteiger partial charge in [0.1, 0.15) is 0 Å². The van der Waals surface area contributed by atoms with Gasteiger partial charge in [-0.05, 0) is 47.6 Å². The molecule has 1 atom stereocenters. The molecule has 0 fully saturated rings. The second-order valence-corrected chi connectivity index (χ2v) is 8.16. The fourth-order valence-corrected chi connectivity index (χ4v) is 2.88. The van der Waals surface area contributed by atoms with E-state index in [1.165, 1.54) is 0 Å². The lowest BCUT2D eigenvalue weighted by Gasteiger charge is -2.23. The zero-order chi connectivity index (χ0) is 21.3. The summed E-state index contributed by atoms with van der Waals surface area (Å²) in [6.45, 7) is 10.8. The van der Waals surface area contributed by atoms with Crippen LogP contribution in [0.1, 0.15) is 49.3 Å². The number of aryl methyl sites for hydroxylation is 2. The van der Waals surface area contributed by atoms with Crippen molar-refractivity contribution in [2.24, 2.45) is 0 Å². The lowest BCUT2D eigenvalue weighted by molar-refractivity contribution is -0.130. The van der Waals surface area contributed by atoms with Crippen molar-refractivity contribution in [3.63, 3.8) is 0 Å². The average Bonchev–Trinajstić information content (AvgIpc) is 3.01. The Balaban J connectivity index is 1.96. The number of hydrogen-bond donors (Lipinski definition) is 1. The summed E-state index contributed by atoms with van der Waals surface area (Å²) in [7, 11) is 0. The molecule has 0 saturated heterocycles. The fraction of sp³-hybridized carbons (Fsp3) is 0.364. The molecular formula is C22H25N3O4. The molecule has 3 rings (SSSR count). The van der Waals surface area contributed by atoms with Crippen LogP contribution in [0.5, 0.6) is 0 Å². The van der Waals surface area contributed by atoms with Crippen molar-refractivity contribution in [2.75, 3.05) is 0 Å². The number of pyridine rings is 1. The van der Waals surface area contributed by atoms with E-state index in [1.54, 1.807) is 19.9 Å². The maximum atomic E-state index is 12.9. The summed E-state index contributed by atoms with van der Waals surface area (Å²) >= 11 is 0. The van der Waals surface area contributed by atoms with E-state index in [0.29, 0.717) is 16.8 Å². The number of nitrogens with one attached hydrogen (secondary N) is 1. The van der Waals surface area contributed by atoms with Gasteiger partial charge in [0.2, 0.25) is 0 Å². The number of carbonyl (C=O) groups excluding carboxylic acids is 2. The molecule has 0 radical (unpaired) electrons. The molecule has 2 aromatic heterocycles. The quantitative estimate of drug-likeness (QED) is 0.672. The Bertz CT molecular complexity index is 1060. The van der Waals surface area contributed by atoms with Crippen molar-refractivity contribution < 1.29 is 18.8 Å². The molecule has 7 heteroatoms. The zero-order valence-corrected chi connectivity index (χ0v) is 17.5. The van der Waals surface area contributed by atoms with Crippen molar-refractivity contribution in [1.29, 1.82) is 0 Å². The van der Waals surface area contributed by atoms with Gasteiger partial charge in [-0.15, -0.1) is 0 Å². The third-order valence-electron chi connectivity index (χ3n) is 4.34. The summed E-state index contributed by atoms with van der Waals surface area (Å²) in [5.74, 6) is -0.995. The number of ether oxygens (including phenoxy) is 1. The Morgan fingerprint density at radius 3 is 2.41 bits per heavy atom. The lowest BCUT2D eigenvalue weighted by atomic mass is 10.0. The van der Waals surface area contributed by atoms with Gasteiger partial charge in [0.15, 0.2) is 6.10 Å². The summed E-state index contributed by atoms with van der Waals surface area (Å²) < 4.78 is 10.7. The van der Waals surface area contributed by atoms with E-state index in [9.17, 15) is 9.59 Å². The maximum Gasteiger partial charge on any atom is 0.339 e. The van der Waals surface area contributed by atoms with Crippen LogP contribution in [0.4, 0.5) is 0 Å². The second-order valence-electron chi connectivity index (χ2n) is 8.16. The standard InChI is InChI=1S/C22H25N3O4/c1-12-7-9-15(10-8-12)17-11-16(18-13(2)25-29-20(18)23-17)21(27)28-14(3)19(26)24-22(4,5)6/h7-11,14H,1-6H3,(H,24,26). The van der Waals surface area contributed by atoms with E-state index >= 15 is 0 Å². The highest BCUT2D eigenvalue weighted by Crippen LogP contribution is 2.28. The van der Waals surface area contributed by atoms with Gasteiger partial charge < -0.3 is 14.6 Å². The molecule has 0 aliphatic heterocycles. The largest absolute Gasteiger partial charge is 0.449 e. The molecule has 29 heavy (non-hydrogen) atoms. The predicted molar refractivity (Wildman–Crippen MR) is 109 cm³/mol. The van der Waals surface area contributed by atoms with Crippen LogP contribution in [0.3, 0.4) is 0 Å². The van der Waals surface area contributed by atoms with E-state index in [1.807, 2.05) is 52.0 Å². The van der Waals surface area contributed by atoms with Crippen LogP contribution in [0, 0.1) is 13.8 Å².